The fraction of sp³-hybridized carbons (Fsp3) is 0.385. The lowest BCUT2D eigenvalue weighted by Gasteiger charge is -2.17. The Bertz CT molecular complexity index is 431. The second-order valence-electron chi connectivity index (χ2n) is 4.03. The van der Waals surface area contributed by atoms with E-state index in [0.29, 0.717) is 18.5 Å². The van der Waals surface area contributed by atoms with Gasteiger partial charge in [0.1, 0.15) is 0 Å². The standard InChI is InChI=1S/C13H17NO4/c1-14(7-4-8-15)12(16)9-10-5-2-3-6-11(10)13(17)18/h2-3,5-6,15H,4,7-9H2,1H3,(H,17,18). The first kappa shape index (κ1) is 14.2. The van der Waals surface area contributed by atoms with Crippen molar-refractivity contribution in [3.63, 3.8) is 0 Å². The first-order valence-corrected chi connectivity index (χ1v) is 5.72. The van der Waals surface area contributed by atoms with Crippen LogP contribution in [0.25, 0.3) is 0 Å². The number of nitrogens with zero attached hydrogens (tertiary/aromatic N) is 1. The molecule has 2 N–H and O–H groups in total. The minimum atomic E-state index is -1.03. The lowest BCUT2D eigenvalue weighted by atomic mass is 10.0. The van der Waals surface area contributed by atoms with Gasteiger partial charge in [0.2, 0.25) is 5.91 Å². The number of aromatic carboxylic acids is 1. The van der Waals surface area contributed by atoms with Crippen LogP contribution in [-0.4, -0.2) is 47.2 Å². The van der Waals surface area contributed by atoms with Crippen LogP contribution in [0.4, 0.5) is 0 Å². The van der Waals surface area contributed by atoms with Crippen LogP contribution in [0.15, 0.2) is 24.3 Å². The van der Waals surface area contributed by atoms with E-state index in [1.165, 1.54) is 11.0 Å². The molecule has 0 heterocycles. The smallest absolute Gasteiger partial charge is 0.335 e. The molecule has 0 aromatic heterocycles. The molecule has 0 unspecified atom stereocenters. The van der Waals surface area contributed by atoms with Crippen molar-refractivity contribution in [2.75, 3.05) is 20.2 Å². The average molecular weight is 251 g/mol. The summed E-state index contributed by atoms with van der Waals surface area (Å²) >= 11 is 0. The molecule has 5 nitrogen and oxygen atoms in total. The van der Waals surface area contributed by atoms with Gasteiger partial charge in [-0.1, -0.05) is 18.2 Å². The molecule has 5 heteroatoms. The normalized spacial score (nSPS) is 10.1. The zero-order valence-corrected chi connectivity index (χ0v) is 10.3. The van der Waals surface area contributed by atoms with Crippen molar-refractivity contribution in [2.24, 2.45) is 0 Å². The molecule has 1 rings (SSSR count). The van der Waals surface area contributed by atoms with Crippen LogP contribution >= 0.6 is 0 Å². The van der Waals surface area contributed by atoms with Gasteiger partial charge in [-0.05, 0) is 18.1 Å². The van der Waals surface area contributed by atoms with E-state index in [0.717, 1.165) is 0 Å². The third kappa shape index (κ3) is 3.85. The van der Waals surface area contributed by atoms with Gasteiger partial charge in [0, 0.05) is 20.2 Å². The zero-order valence-electron chi connectivity index (χ0n) is 10.3. The minimum absolute atomic E-state index is 0.0311. The maximum atomic E-state index is 11.8. The number of aliphatic hydroxyl groups is 1. The molecule has 0 atom stereocenters. The van der Waals surface area contributed by atoms with Crippen molar-refractivity contribution in [2.45, 2.75) is 12.8 Å². The fourth-order valence-electron chi connectivity index (χ4n) is 1.61. The van der Waals surface area contributed by atoms with E-state index < -0.39 is 5.97 Å². The van der Waals surface area contributed by atoms with E-state index in [9.17, 15) is 9.59 Å². The highest BCUT2D eigenvalue weighted by molar-refractivity contribution is 5.91. The topological polar surface area (TPSA) is 77.8 Å². The molecule has 0 aliphatic carbocycles. The summed E-state index contributed by atoms with van der Waals surface area (Å²) in [5.74, 6) is -1.19. The van der Waals surface area contributed by atoms with Crippen molar-refractivity contribution >= 4 is 11.9 Å². The fourth-order valence-corrected chi connectivity index (χ4v) is 1.61. The first-order chi connectivity index (χ1) is 8.56. The van der Waals surface area contributed by atoms with Gasteiger partial charge in [-0.15, -0.1) is 0 Å². The summed E-state index contributed by atoms with van der Waals surface area (Å²) in [6.45, 7) is 0.494. The Kier molecular flexibility index (Phi) is 5.32. The highest BCUT2D eigenvalue weighted by Gasteiger charge is 2.14. The summed E-state index contributed by atoms with van der Waals surface area (Å²) in [5.41, 5.74) is 0.659. The summed E-state index contributed by atoms with van der Waals surface area (Å²) < 4.78 is 0. The van der Waals surface area contributed by atoms with Gasteiger partial charge in [-0.3, -0.25) is 4.79 Å². The number of carbonyl (C=O) groups is 2. The molecule has 0 aliphatic heterocycles. The minimum Gasteiger partial charge on any atom is -0.478 e. The number of carboxylic acids is 1. The Morgan fingerprint density at radius 2 is 1.94 bits per heavy atom. The quantitative estimate of drug-likeness (QED) is 0.782. The van der Waals surface area contributed by atoms with Crippen LogP contribution in [0.2, 0.25) is 0 Å². The molecule has 0 aliphatic rings. The molecule has 98 valence electrons. The van der Waals surface area contributed by atoms with Crippen LogP contribution in [0.3, 0.4) is 0 Å². The molecule has 0 spiro atoms. The number of hydrogen-bond donors (Lipinski definition) is 2. The van der Waals surface area contributed by atoms with E-state index in [4.69, 9.17) is 10.2 Å². The number of rotatable bonds is 6. The number of aliphatic hydroxyl groups excluding tert-OH is 1. The second-order valence-corrected chi connectivity index (χ2v) is 4.03. The zero-order chi connectivity index (χ0) is 13.5. The monoisotopic (exact) mass is 251 g/mol. The molecule has 0 saturated carbocycles. The Hall–Kier alpha value is -1.88. The van der Waals surface area contributed by atoms with Gasteiger partial charge in [0.05, 0.1) is 12.0 Å². The summed E-state index contributed by atoms with van der Waals surface area (Å²) in [7, 11) is 1.64. The van der Waals surface area contributed by atoms with Crippen LogP contribution < -0.4 is 0 Å². The average Bonchev–Trinajstić information content (AvgIpc) is 2.36. The molecule has 0 fully saturated rings. The van der Waals surface area contributed by atoms with Crippen molar-refractivity contribution in [3.8, 4) is 0 Å². The SMILES string of the molecule is CN(CCCO)C(=O)Cc1ccccc1C(=O)O. The summed E-state index contributed by atoms with van der Waals surface area (Å²) in [6.07, 6.45) is 0.577. The van der Waals surface area contributed by atoms with Crippen molar-refractivity contribution in [3.05, 3.63) is 35.4 Å². The van der Waals surface area contributed by atoms with Crippen molar-refractivity contribution in [1.82, 2.24) is 4.90 Å². The van der Waals surface area contributed by atoms with E-state index in [2.05, 4.69) is 0 Å². The van der Waals surface area contributed by atoms with Crippen LogP contribution in [0.1, 0.15) is 22.3 Å². The van der Waals surface area contributed by atoms with Crippen LogP contribution in [0, 0.1) is 0 Å². The van der Waals surface area contributed by atoms with E-state index in [-0.39, 0.29) is 24.5 Å². The van der Waals surface area contributed by atoms with E-state index >= 15 is 0 Å². The molecule has 1 amide bonds. The number of hydrogen-bond acceptors (Lipinski definition) is 3. The Morgan fingerprint density at radius 3 is 2.56 bits per heavy atom. The highest BCUT2D eigenvalue weighted by Crippen LogP contribution is 2.10. The van der Waals surface area contributed by atoms with Gasteiger partial charge in [0.15, 0.2) is 0 Å². The number of benzene rings is 1. The number of carbonyl (C=O) groups excluding carboxylic acids is 1. The first-order valence-electron chi connectivity index (χ1n) is 5.72. The largest absolute Gasteiger partial charge is 0.478 e. The Balaban J connectivity index is 2.72. The summed E-state index contributed by atoms with van der Waals surface area (Å²) in [5, 5.41) is 17.7. The third-order valence-electron chi connectivity index (χ3n) is 2.67. The lowest BCUT2D eigenvalue weighted by Crippen LogP contribution is -2.30. The highest BCUT2D eigenvalue weighted by atomic mass is 16.4. The van der Waals surface area contributed by atoms with Crippen LogP contribution in [0.5, 0.6) is 0 Å². The number of carboxylic acid groups (broad SMARTS) is 1. The Labute approximate surface area is 106 Å². The van der Waals surface area contributed by atoms with Gasteiger partial charge in [0.25, 0.3) is 0 Å². The molecular weight excluding hydrogens is 234 g/mol. The second kappa shape index (κ2) is 6.76. The molecular formula is C13H17NO4. The van der Waals surface area contributed by atoms with Crippen molar-refractivity contribution in [1.29, 1.82) is 0 Å². The predicted molar refractivity (Wildman–Crippen MR) is 66.4 cm³/mol. The molecule has 0 saturated heterocycles. The summed E-state index contributed by atoms with van der Waals surface area (Å²) in [6, 6.07) is 6.47. The van der Waals surface area contributed by atoms with Gasteiger partial charge >= 0.3 is 5.97 Å². The third-order valence-corrected chi connectivity index (χ3v) is 2.67. The maximum Gasteiger partial charge on any atom is 0.335 e. The van der Waals surface area contributed by atoms with Crippen LogP contribution in [-0.2, 0) is 11.2 Å². The van der Waals surface area contributed by atoms with E-state index in [1.54, 1.807) is 25.2 Å². The maximum absolute atomic E-state index is 11.8. The molecule has 1 aromatic rings. The molecule has 18 heavy (non-hydrogen) atoms. The van der Waals surface area contributed by atoms with Crippen molar-refractivity contribution < 1.29 is 19.8 Å². The Morgan fingerprint density at radius 1 is 1.28 bits per heavy atom. The van der Waals surface area contributed by atoms with Gasteiger partial charge in [-0.2, -0.15) is 0 Å². The summed E-state index contributed by atoms with van der Waals surface area (Å²) in [4.78, 5) is 24.3. The lowest BCUT2D eigenvalue weighted by molar-refractivity contribution is -0.129. The molecule has 0 bridgehead atoms. The molecule has 1 aromatic carbocycles. The van der Waals surface area contributed by atoms with Gasteiger partial charge in [-0.25, -0.2) is 4.79 Å². The van der Waals surface area contributed by atoms with E-state index in [1.807, 2.05) is 0 Å². The molecule has 0 radical (unpaired) electrons. The predicted octanol–water partition coefficient (Wildman–Crippen LogP) is 0.768. The van der Waals surface area contributed by atoms with Gasteiger partial charge < -0.3 is 15.1 Å². The number of amides is 1. The number of likely N-dealkylation sites (N-methyl/N-ethyl adjacent to an activating group) is 1.